The first-order valence-electron chi connectivity index (χ1n) is 12.8. The molecule has 0 saturated carbocycles. The van der Waals surface area contributed by atoms with Crippen LogP contribution in [0.2, 0.25) is 0 Å². The maximum absolute atomic E-state index is 13.8. The monoisotopic (exact) mass is 510 g/mol. The summed E-state index contributed by atoms with van der Waals surface area (Å²) in [4.78, 5) is 30.2. The van der Waals surface area contributed by atoms with Crippen LogP contribution in [0.15, 0.2) is 65.8 Å². The summed E-state index contributed by atoms with van der Waals surface area (Å²) in [5.74, 6) is 1.12. The average molecular weight is 511 g/mol. The summed E-state index contributed by atoms with van der Waals surface area (Å²) < 4.78 is 5.32. The molecule has 1 N–H and O–H groups in total. The largest absolute Gasteiger partial charge is 0.334 e. The number of aryl methyl sites for hydroxylation is 1. The van der Waals surface area contributed by atoms with Crippen molar-refractivity contribution >= 4 is 6.29 Å². The fourth-order valence-corrected chi connectivity index (χ4v) is 4.66. The van der Waals surface area contributed by atoms with E-state index in [0.29, 0.717) is 23.8 Å². The molecule has 0 bridgehead atoms. The fourth-order valence-electron chi connectivity index (χ4n) is 4.66. The van der Waals surface area contributed by atoms with E-state index in [2.05, 4.69) is 32.5 Å². The van der Waals surface area contributed by atoms with E-state index in [0.717, 1.165) is 53.6 Å². The molecule has 0 spiro atoms. The molecule has 0 aliphatic heterocycles. The van der Waals surface area contributed by atoms with Crippen molar-refractivity contribution in [3.8, 4) is 28.3 Å². The number of hydrogen-bond donors (Lipinski definition) is 1. The van der Waals surface area contributed by atoms with Gasteiger partial charge in [-0.2, -0.15) is 5.21 Å². The molecule has 0 atom stereocenters. The standard InChI is InChI=1S/C28H30N8O2/c1-4-5-9-25-17-36(27-23(18-37)11-13-34(27)19(2)3)28(38)35(25)16-24-15-21(10-12-29-24)20-7-6-8-22(14-20)26-30-32-33-31-26/h6-8,10-15,17-19H,4-5,9,16H2,1-3H3,(H,30,31,32,33). The van der Waals surface area contributed by atoms with Gasteiger partial charge in [0.2, 0.25) is 5.82 Å². The van der Waals surface area contributed by atoms with Gasteiger partial charge >= 0.3 is 5.69 Å². The average Bonchev–Trinajstić information content (AvgIpc) is 3.68. The van der Waals surface area contributed by atoms with Crippen LogP contribution in [0.1, 0.15) is 61.4 Å². The van der Waals surface area contributed by atoms with Crippen LogP contribution >= 0.6 is 0 Å². The Hall–Kier alpha value is -4.60. The molecule has 5 rings (SSSR count). The molecule has 0 saturated heterocycles. The second kappa shape index (κ2) is 10.8. The third-order valence-corrected chi connectivity index (χ3v) is 6.61. The van der Waals surface area contributed by atoms with E-state index in [1.54, 1.807) is 21.4 Å². The van der Waals surface area contributed by atoms with Gasteiger partial charge in [0.05, 0.1) is 17.8 Å². The van der Waals surface area contributed by atoms with Gasteiger partial charge in [0, 0.05) is 35.9 Å². The van der Waals surface area contributed by atoms with Gasteiger partial charge in [-0.3, -0.25) is 18.9 Å². The Morgan fingerprint density at radius 3 is 2.63 bits per heavy atom. The van der Waals surface area contributed by atoms with Crippen molar-refractivity contribution in [2.45, 2.75) is 52.6 Å². The molecule has 0 aliphatic rings. The molecule has 194 valence electrons. The normalized spacial score (nSPS) is 11.4. The second-order valence-electron chi connectivity index (χ2n) is 9.53. The summed E-state index contributed by atoms with van der Waals surface area (Å²) in [5, 5.41) is 14.3. The Balaban J connectivity index is 1.54. The van der Waals surface area contributed by atoms with Crippen molar-refractivity contribution in [2.24, 2.45) is 0 Å². The summed E-state index contributed by atoms with van der Waals surface area (Å²) in [6.45, 7) is 6.51. The lowest BCUT2D eigenvalue weighted by Gasteiger charge is -2.13. The molecular weight excluding hydrogens is 480 g/mol. The molecular formula is C28H30N8O2. The molecule has 0 fully saturated rings. The SMILES string of the molecule is CCCCc1cn(-c2c(C=O)ccn2C(C)C)c(=O)n1Cc1cc(-c2cccc(-c3nn[nH]n3)c2)ccn1. The van der Waals surface area contributed by atoms with Gasteiger partial charge in [0.15, 0.2) is 6.29 Å². The fraction of sp³-hybridized carbons (Fsp3) is 0.286. The van der Waals surface area contributed by atoms with Gasteiger partial charge in [-0.05, 0) is 67.3 Å². The molecule has 0 radical (unpaired) electrons. The zero-order valence-electron chi connectivity index (χ0n) is 21.7. The van der Waals surface area contributed by atoms with Gasteiger partial charge in [-0.1, -0.05) is 31.5 Å². The van der Waals surface area contributed by atoms with Crippen LogP contribution < -0.4 is 5.69 Å². The minimum atomic E-state index is -0.189. The third-order valence-electron chi connectivity index (χ3n) is 6.61. The van der Waals surface area contributed by atoms with Crippen molar-refractivity contribution in [1.29, 1.82) is 0 Å². The third kappa shape index (κ3) is 4.84. The number of carbonyl (C=O) groups excluding carboxylic acids is 1. The number of tetrazole rings is 1. The molecule has 5 aromatic rings. The first-order valence-corrected chi connectivity index (χ1v) is 12.8. The number of imidazole rings is 1. The van der Waals surface area contributed by atoms with Crippen LogP contribution in [-0.4, -0.2) is 45.6 Å². The molecule has 4 heterocycles. The summed E-state index contributed by atoms with van der Waals surface area (Å²) in [6, 6.07) is 13.7. The quantitative estimate of drug-likeness (QED) is 0.277. The van der Waals surface area contributed by atoms with Gasteiger partial charge in [0.25, 0.3) is 0 Å². The van der Waals surface area contributed by atoms with Gasteiger partial charge < -0.3 is 4.57 Å². The predicted octanol–water partition coefficient (Wildman–Crippen LogP) is 4.47. The molecule has 0 aliphatic carbocycles. The van der Waals surface area contributed by atoms with E-state index in [-0.39, 0.29) is 11.7 Å². The number of unbranched alkanes of at least 4 members (excludes halogenated alkanes) is 1. The highest BCUT2D eigenvalue weighted by molar-refractivity contribution is 5.80. The number of aldehydes is 1. The van der Waals surface area contributed by atoms with Crippen molar-refractivity contribution < 1.29 is 4.79 Å². The Kier molecular flexibility index (Phi) is 7.12. The van der Waals surface area contributed by atoms with E-state index < -0.39 is 0 Å². The van der Waals surface area contributed by atoms with Crippen molar-refractivity contribution in [3.05, 3.63) is 88.5 Å². The maximum Gasteiger partial charge on any atom is 0.334 e. The lowest BCUT2D eigenvalue weighted by Crippen LogP contribution is -2.27. The number of aromatic amines is 1. The van der Waals surface area contributed by atoms with Crippen molar-refractivity contribution in [2.75, 3.05) is 0 Å². The van der Waals surface area contributed by atoms with Crippen LogP contribution in [0, 0.1) is 0 Å². The number of rotatable bonds is 10. The number of carbonyl (C=O) groups is 1. The van der Waals surface area contributed by atoms with E-state index in [4.69, 9.17) is 0 Å². The van der Waals surface area contributed by atoms with Gasteiger partial charge in [0.1, 0.15) is 5.82 Å². The summed E-state index contributed by atoms with van der Waals surface area (Å²) in [5.41, 5.74) is 4.78. The highest BCUT2D eigenvalue weighted by Gasteiger charge is 2.20. The van der Waals surface area contributed by atoms with Gasteiger partial charge in [-0.15, -0.1) is 10.2 Å². The minimum absolute atomic E-state index is 0.0922. The van der Waals surface area contributed by atoms with Gasteiger partial charge in [-0.25, -0.2) is 4.79 Å². The lowest BCUT2D eigenvalue weighted by atomic mass is 10.0. The molecule has 38 heavy (non-hydrogen) atoms. The highest BCUT2D eigenvalue weighted by atomic mass is 16.2. The van der Waals surface area contributed by atoms with Crippen LogP contribution in [0.5, 0.6) is 0 Å². The first kappa shape index (κ1) is 25.1. The summed E-state index contributed by atoms with van der Waals surface area (Å²) in [6.07, 6.45) is 9.00. The van der Waals surface area contributed by atoms with Crippen LogP contribution in [0.3, 0.4) is 0 Å². The van der Waals surface area contributed by atoms with E-state index in [1.807, 2.05) is 67.2 Å². The highest BCUT2D eigenvalue weighted by Crippen LogP contribution is 2.25. The zero-order chi connectivity index (χ0) is 26.6. The smallest absolute Gasteiger partial charge is 0.331 e. The molecule has 0 unspecified atom stereocenters. The molecule has 1 aromatic carbocycles. The molecule has 0 amide bonds. The first-order chi connectivity index (χ1) is 18.5. The number of aromatic nitrogens is 8. The Morgan fingerprint density at radius 1 is 1.08 bits per heavy atom. The number of H-pyrrole nitrogens is 1. The molecule has 10 heteroatoms. The minimum Gasteiger partial charge on any atom is -0.331 e. The van der Waals surface area contributed by atoms with Crippen LogP contribution in [-0.2, 0) is 13.0 Å². The Bertz CT molecular complexity index is 1610. The number of nitrogens with one attached hydrogen (secondary N) is 1. The topological polar surface area (TPSA) is 116 Å². The Labute approximate surface area is 220 Å². The van der Waals surface area contributed by atoms with E-state index in [9.17, 15) is 9.59 Å². The summed E-state index contributed by atoms with van der Waals surface area (Å²) >= 11 is 0. The van der Waals surface area contributed by atoms with Crippen molar-refractivity contribution in [1.82, 2.24) is 39.3 Å². The molecule has 4 aromatic heterocycles. The lowest BCUT2D eigenvalue weighted by molar-refractivity contribution is 0.112. The Morgan fingerprint density at radius 2 is 1.89 bits per heavy atom. The zero-order valence-corrected chi connectivity index (χ0v) is 21.7. The van der Waals surface area contributed by atoms with Crippen LogP contribution in [0.25, 0.3) is 28.3 Å². The number of pyridine rings is 1. The second-order valence-corrected chi connectivity index (χ2v) is 9.53. The van der Waals surface area contributed by atoms with E-state index in [1.165, 1.54) is 0 Å². The number of benzene rings is 1. The predicted molar refractivity (Wildman–Crippen MR) is 144 cm³/mol. The maximum atomic E-state index is 13.8. The van der Waals surface area contributed by atoms with Crippen molar-refractivity contribution in [3.63, 3.8) is 0 Å². The van der Waals surface area contributed by atoms with E-state index >= 15 is 0 Å². The number of nitrogens with zero attached hydrogens (tertiary/aromatic N) is 7. The molecule has 10 nitrogen and oxygen atoms in total. The summed E-state index contributed by atoms with van der Waals surface area (Å²) in [7, 11) is 0. The number of hydrogen-bond acceptors (Lipinski definition) is 6. The van der Waals surface area contributed by atoms with Crippen LogP contribution in [0.4, 0.5) is 0 Å².